The maximum absolute atomic E-state index is 5.31. The Hall–Kier alpha value is -3.09. The Morgan fingerprint density at radius 1 is 1.19 bits per heavy atom. The minimum atomic E-state index is 0.367. The first-order chi connectivity index (χ1) is 13.3. The van der Waals surface area contributed by atoms with Crippen molar-refractivity contribution < 1.29 is 4.42 Å². The van der Waals surface area contributed by atoms with Crippen LogP contribution >= 0.6 is 0 Å². The van der Waals surface area contributed by atoms with Gasteiger partial charge in [0, 0.05) is 32.0 Å². The molecule has 0 saturated heterocycles. The Kier molecular flexibility index (Phi) is 6.62. The van der Waals surface area contributed by atoms with Gasteiger partial charge in [-0.1, -0.05) is 37.3 Å². The summed E-state index contributed by atoms with van der Waals surface area (Å²) >= 11 is 0. The van der Waals surface area contributed by atoms with Crippen LogP contribution in [0, 0.1) is 0 Å². The molecule has 0 radical (unpaired) electrons. The van der Waals surface area contributed by atoms with Gasteiger partial charge in [-0.25, -0.2) is 4.98 Å². The number of rotatable bonds is 8. The zero-order valence-electron chi connectivity index (χ0n) is 15.8. The summed E-state index contributed by atoms with van der Waals surface area (Å²) in [5, 5.41) is 13.8. The number of hydrogen-bond acceptors (Lipinski definition) is 4. The smallest absolute Gasteiger partial charge is 0.216 e. The average Bonchev–Trinajstić information content (AvgIpc) is 3.38. The first kappa shape index (κ1) is 18.7. The van der Waals surface area contributed by atoms with Crippen LogP contribution in [0.2, 0.25) is 0 Å². The molecule has 2 aromatic heterocycles. The largest absolute Gasteiger partial charge is 0.461 e. The van der Waals surface area contributed by atoms with Crippen LogP contribution in [0.3, 0.4) is 0 Å². The van der Waals surface area contributed by atoms with Gasteiger partial charge in [-0.05, 0) is 24.6 Å². The predicted octanol–water partition coefficient (Wildman–Crippen LogP) is 2.97. The number of aliphatic imine (C=N–C) groups is 1. The maximum Gasteiger partial charge on any atom is 0.216 e. The Labute approximate surface area is 159 Å². The number of aromatic amines is 1. The van der Waals surface area contributed by atoms with Crippen molar-refractivity contribution in [2.45, 2.75) is 26.2 Å². The van der Waals surface area contributed by atoms with E-state index in [4.69, 9.17) is 9.41 Å². The summed E-state index contributed by atoms with van der Waals surface area (Å²) < 4.78 is 5.31. The predicted molar refractivity (Wildman–Crippen MR) is 107 cm³/mol. The van der Waals surface area contributed by atoms with Crippen LogP contribution in [0.4, 0.5) is 0 Å². The number of benzene rings is 1. The average molecular weight is 366 g/mol. The van der Waals surface area contributed by atoms with Crippen molar-refractivity contribution in [2.24, 2.45) is 4.99 Å². The fraction of sp³-hybridized carbons (Fsp3) is 0.350. The van der Waals surface area contributed by atoms with Gasteiger partial charge in [0.1, 0.15) is 5.82 Å². The van der Waals surface area contributed by atoms with E-state index in [1.807, 2.05) is 18.2 Å². The van der Waals surface area contributed by atoms with Gasteiger partial charge >= 0.3 is 0 Å². The van der Waals surface area contributed by atoms with Gasteiger partial charge < -0.3 is 15.1 Å². The fourth-order valence-electron chi connectivity index (χ4n) is 2.68. The summed E-state index contributed by atoms with van der Waals surface area (Å²) in [5.41, 5.74) is 1.30. The third-order valence-corrected chi connectivity index (χ3v) is 4.16. The zero-order valence-corrected chi connectivity index (χ0v) is 15.8. The van der Waals surface area contributed by atoms with Gasteiger partial charge in [0.05, 0.1) is 6.26 Å². The van der Waals surface area contributed by atoms with Crippen LogP contribution < -0.4 is 10.6 Å². The molecule has 2 heterocycles. The van der Waals surface area contributed by atoms with Crippen LogP contribution in [0.1, 0.15) is 31.2 Å². The highest BCUT2D eigenvalue weighted by atomic mass is 16.3. The molecule has 3 rings (SSSR count). The van der Waals surface area contributed by atoms with Crippen molar-refractivity contribution in [1.29, 1.82) is 0 Å². The molecule has 0 saturated carbocycles. The summed E-state index contributed by atoms with van der Waals surface area (Å²) in [6, 6.07) is 14.1. The summed E-state index contributed by atoms with van der Waals surface area (Å²) in [6.45, 7) is 6.50. The SMILES string of the molecule is CCNC(=NCC(C)c1ccccc1)NCCc1nc(-c2ccco2)n[nH]1. The zero-order chi connectivity index (χ0) is 18.9. The molecule has 0 aliphatic carbocycles. The minimum absolute atomic E-state index is 0.367. The van der Waals surface area contributed by atoms with E-state index in [2.05, 4.69) is 63.9 Å². The molecule has 0 aliphatic rings. The number of hydrogen-bond donors (Lipinski definition) is 3. The number of nitrogens with zero attached hydrogens (tertiary/aromatic N) is 3. The lowest BCUT2D eigenvalue weighted by Gasteiger charge is -2.13. The van der Waals surface area contributed by atoms with E-state index in [1.54, 1.807) is 6.26 Å². The molecule has 1 unspecified atom stereocenters. The molecule has 7 nitrogen and oxygen atoms in total. The van der Waals surface area contributed by atoms with E-state index < -0.39 is 0 Å². The Balaban J connectivity index is 1.50. The van der Waals surface area contributed by atoms with Crippen LogP contribution in [-0.4, -0.2) is 40.8 Å². The van der Waals surface area contributed by atoms with Crippen LogP contribution in [0.5, 0.6) is 0 Å². The molecule has 142 valence electrons. The van der Waals surface area contributed by atoms with Gasteiger partial charge in [-0.3, -0.25) is 10.1 Å². The molecule has 0 aliphatic heterocycles. The lowest BCUT2D eigenvalue weighted by molar-refractivity contribution is 0.577. The van der Waals surface area contributed by atoms with Gasteiger partial charge in [0.25, 0.3) is 0 Å². The second-order valence-electron chi connectivity index (χ2n) is 6.29. The van der Waals surface area contributed by atoms with Gasteiger partial charge in [0.15, 0.2) is 11.7 Å². The van der Waals surface area contributed by atoms with E-state index in [-0.39, 0.29) is 0 Å². The quantitative estimate of drug-likeness (QED) is 0.421. The van der Waals surface area contributed by atoms with Gasteiger partial charge in [-0.2, -0.15) is 5.10 Å². The molecule has 0 spiro atoms. The molecule has 3 aromatic rings. The monoisotopic (exact) mass is 366 g/mol. The number of furan rings is 1. The van der Waals surface area contributed by atoms with E-state index in [0.717, 1.165) is 24.9 Å². The molecule has 1 atom stereocenters. The highest BCUT2D eigenvalue weighted by Gasteiger charge is 2.09. The number of guanidine groups is 1. The first-order valence-corrected chi connectivity index (χ1v) is 9.28. The molecule has 0 bridgehead atoms. The minimum Gasteiger partial charge on any atom is -0.461 e. The van der Waals surface area contributed by atoms with Crippen molar-refractivity contribution in [3.8, 4) is 11.6 Å². The maximum atomic E-state index is 5.31. The fourth-order valence-corrected chi connectivity index (χ4v) is 2.68. The molecule has 3 N–H and O–H groups in total. The van der Waals surface area contributed by atoms with Crippen LogP contribution in [0.25, 0.3) is 11.6 Å². The molecule has 0 amide bonds. The lowest BCUT2D eigenvalue weighted by atomic mass is 10.0. The highest BCUT2D eigenvalue weighted by molar-refractivity contribution is 5.79. The number of nitrogens with one attached hydrogen (secondary N) is 3. The molecular weight excluding hydrogens is 340 g/mol. The van der Waals surface area contributed by atoms with E-state index >= 15 is 0 Å². The standard InChI is InChI=1S/C20H26N6O/c1-3-21-20(23-14-15(2)16-8-5-4-6-9-16)22-12-11-18-24-19(26-25-18)17-10-7-13-27-17/h4-10,13,15H,3,11-12,14H2,1-2H3,(H2,21,22,23)(H,24,25,26). The Bertz CT molecular complexity index is 825. The Morgan fingerprint density at radius 2 is 2.04 bits per heavy atom. The van der Waals surface area contributed by atoms with Crippen LogP contribution in [0.15, 0.2) is 58.1 Å². The summed E-state index contributed by atoms with van der Waals surface area (Å²) in [6.07, 6.45) is 2.33. The third-order valence-electron chi connectivity index (χ3n) is 4.16. The molecule has 1 aromatic carbocycles. The first-order valence-electron chi connectivity index (χ1n) is 9.28. The second kappa shape index (κ2) is 9.56. The van der Waals surface area contributed by atoms with Crippen LogP contribution in [-0.2, 0) is 6.42 Å². The molecular formula is C20H26N6O. The normalized spacial score (nSPS) is 12.7. The molecule has 7 heteroatoms. The van der Waals surface area contributed by atoms with Crippen molar-refractivity contribution in [3.63, 3.8) is 0 Å². The van der Waals surface area contributed by atoms with Crippen molar-refractivity contribution in [3.05, 3.63) is 60.1 Å². The van der Waals surface area contributed by atoms with Gasteiger partial charge in [-0.15, -0.1) is 0 Å². The number of H-pyrrole nitrogens is 1. The number of aromatic nitrogens is 3. The van der Waals surface area contributed by atoms with E-state index in [9.17, 15) is 0 Å². The van der Waals surface area contributed by atoms with Crippen molar-refractivity contribution >= 4 is 5.96 Å². The molecule has 27 heavy (non-hydrogen) atoms. The summed E-state index contributed by atoms with van der Waals surface area (Å²) in [4.78, 5) is 9.15. The molecule has 0 fully saturated rings. The third kappa shape index (κ3) is 5.44. The second-order valence-corrected chi connectivity index (χ2v) is 6.29. The van der Waals surface area contributed by atoms with E-state index in [0.29, 0.717) is 30.5 Å². The lowest BCUT2D eigenvalue weighted by Crippen LogP contribution is -2.38. The topological polar surface area (TPSA) is 91.1 Å². The van der Waals surface area contributed by atoms with Crippen molar-refractivity contribution in [2.75, 3.05) is 19.6 Å². The summed E-state index contributed by atoms with van der Waals surface area (Å²) in [7, 11) is 0. The van der Waals surface area contributed by atoms with E-state index in [1.165, 1.54) is 5.56 Å². The highest BCUT2D eigenvalue weighted by Crippen LogP contribution is 2.15. The summed E-state index contributed by atoms with van der Waals surface area (Å²) in [5.74, 6) is 3.22. The van der Waals surface area contributed by atoms with Gasteiger partial charge in [0.2, 0.25) is 5.82 Å². The Morgan fingerprint density at radius 3 is 2.78 bits per heavy atom. The van der Waals surface area contributed by atoms with Crippen molar-refractivity contribution in [1.82, 2.24) is 25.8 Å².